The lowest BCUT2D eigenvalue weighted by atomic mass is 9.94. The molecule has 1 fully saturated rings. The number of carbonyl (C=O) groups is 2. The van der Waals surface area contributed by atoms with Crippen LogP contribution in [0.1, 0.15) is 61.8 Å². The van der Waals surface area contributed by atoms with Crippen molar-refractivity contribution in [3.05, 3.63) is 87.9 Å². The van der Waals surface area contributed by atoms with E-state index in [-0.39, 0.29) is 30.1 Å². The Bertz CT molecular complexity index is 1070. The van der Waals surface area contributed by atoms with Crippen LogP contribution in [0.25, 0.3) is 0 Å². The molecule has 2 aromatic carbocycles. The van der Waals surface area contributed by atoms with Crippen molar-refractivity contribution >= 4 is 28.8 Å². The zero-order chi connectivity index (χ0) is 23.9. The van der Waals surface area contributed by atoms with E-state index >= 15 is 0 Å². The van der Waals surface area contributed by atoms with Crippen molar-refractivity contribution in [1.29, 1.82) is 0 Å². The van der Waals surface area contributed by atoms with E-state index in [0.717, 1.165) is 43.2 Å². The first-order valence-corrected chi connectivity index (χ1v) is 13.0. The highest BCUT2D eigenvalue weighted by molar-refractivity contribution is 7.08. The number of carbonyl (C=O) groups excluding carboxylic acids is 2. The van der Waals surface area contributed by atoms with Crippen LogP contribution in [-0.4, -0.2) is 17.9 Å². The van der Waals surface area contributed by atoms with Gasteiger partial charge >= 0.3 is 0 Å². The van der Waals surface area contributed by atoms with Crippen molar-refractivity contribution in [2.24, 2.45) is 0 Å². The van der Waals surface area contributed by atoms with Crippen LogP contribution in [0.4, 0.5) is 10.1 Å². The monoisotopic (exact) mass is 478 g/mol. The van der Waals surface area contributed by atoms with Crippen LogP contribution in [0.2, 0.25) is 0 Å². The molecule has 1 atom stereocenters. The van der Waals surface area contributed by atoms with Gasteiger partial charge in [0.05, 0.1) is 6.42 Å². The summed E-state index contributed by atoms with van der Waals surface area (Å²) in [5.74, 6) is -0.772. The molecule has 1 aliphatic carbocycles. The molecule has 34 heavy (non-hydrogen) atoms. The maximum atomic E-state index is 13.8. The third kappa shape index (κ3) is 5.92. The van der Waals surface area contributed by atoms with Crippen LogP contribution in [0.15, 0.2) is 65.4 Å². The summed E-state index contributed by atoms with van der Waals surface area (Å²) in [7, 11) is 0. The van der Waals surface area contributed by atoms with Gasteiger partial charge in [-0.15, -0.1) is 0 Å². The molecular formula is C28H31FN2O2S. The van der Waals surface area contributed by atoms with Gasteiger partial charge in [-0.1, -0.05) is 50.5 Å². The topological polar surface area (TPSA) is 49.4 Å². The summed E-state index contributed by atoms with van der Waals surface area (Å²) in [6, 6.07) is 14.8. The Morgan fingerprint density at radius 3 is 2.32 bits per heavy atom. The second-order valence-electron chi connectivity index (χ2n) is 8.89. The van der Waals surface area contributed by atoms with E-state index < -0.39 is 6.04 Å². The van der Waals surface area contributed by atoms with Gasteiger partial charge in [0.15, 0.2) is 0 Å². The van der Waals surface area contributed by atoms with E-state index in [4.69, 9.17) is 0 Å². The van der Waals surface area contributed by atoms with E-state index in [2.05, 4.69) is 12.2 Å². The van der Waals surface area contributed by atoms with Gasteiger partial charge in [0, 0.05) is 11.7 Å². The minimum Gasteiger partial charge on any atom is -0.351 e. The molecule has 3 aromatic rings. The fourth-order valence-corrected chi connectivity index (χ4v) is 5.24. The molecule has 0 radical (unpaired) electrons. The van der Waals surface area contributed by atoms with Crippen LogP contribution in [-0.2, 0) is 22.4 Å². The van der Waals surface area contributed by atoms with Crippen LogP contribution in [0.3, 0.4) is 0 Å². The Kier molecular flexibility index (Phi) is 8.12. The molecule has 1 aromatic heterocycles. The molecule has 4 nitrogen and oxygen atoms in total. The highest BCUT2D eigenvalue weighted by Crippen LogP contribution is 2.30. The van der Waals surface area contributed by atoms with Gasteiger partial charge in [0.2, 0.25) is 11.8 Å². The molecule has 1 saturated carbocycles. The summed E-state index contributed by atoms with van der Waals surface area (Å²) in [5.41, 5.74) is 3.31. The standard InChI is InChI=1S/C28H31FN2O2S/c1-2-20-8-14-25(15-9-20)31(26(32)18-21-16-17-34-19-21)27(22-10-12-23(29)13-11-22)28(33)30-24-6-4-3-5-7-24/h8-17,19,24,27H,2-7,18H2,1H3,(H,30,33). The van der Waals surface area contributed by atoms with Crippen LogP contribution >= 0.6 is 11.3 Å². The van der Waals surface area contributed by atoms with E-state index in [1.54, 1.807) is 17.0 Å². The number of rotatable bonds is 8. The Morgan fingerprint density at radius 1 is 1.00 bits per heavy atom. The molecule has 6 heteroatoms. The number of nitrogens with one attached hydrogen (secondary N) is 1. The maximum Gasteiger partial charge on any atom is 0.248 e. The smallest absolute Gasteiger partial charge is 0.248 e. The summed E-state index contributed by atoms with van der Waals surface area (Å²) in [6.07, 6.45) is 6.31. The lowest BCUT2D eigenvalue weighted by molar-refractivity contribution is -0.127. The fourth-order valence-electron chi connectivity index (χ4n) is 4.57. The molecule has 4 rings (SSSR count). The van der Waals surface area contributed by atoms with Gasteiger partial charge in [-0.2, -0.15) is 11.3 Å². The van der Waals surface area contributed by atoms with E-state index in [1.165, 1.54) is 29.9 Å². The molecule has 0 bridgehead atoms. The summed E-state index contributed by atoms with van der Waals surface area (Å²) in [4.78, 5) is 29.1. The van der Waals surface area contributed by atoms with Gasteiger partial charge in [-0.3, -0.25) is 14.5 Å². The van der Waals surface area contributed by atoms with Gasteiger partial charge in [0.25, 0.3) is 0 Å². The van der Waals surface area contributed by atoms with Crippen LogP contribution in [0.5, 0.6) is 0 Å². The summed E-state index contributed by atoms with van der Waals surface area (Å²) in [6.45, 7) is 2.08. The molecule has 0 spiro atoms. The zero-order valence-electron chi connectivity index (χ0n) is 19.5. The van der Waals surface area contributed by atoms with E-state index in [1.807, 2.05) is 41.1 Å². The molecule has 2 amide bonds. The van der Waals surface area contributed by atoms with Crippen molar-refractivity contribution in [3.8, 4) is 0 Å². The summed E-state index contributed by atoms with van der Waals surface area (Å²) >= 11 is 1.54. The number of halogens is 1. The van der Waals surface area contributed by atoms with Crippen molar-refractivity contribution in [2.45, 2.75) is 64.0 Å². The van der Waals surface area contributed by atoms with E-state index in [0.29, 0.717) is 11.3 Å². The van der Waals surface area contributed by atoms with Crippen molar-refractivity contribution < 1.29 is 14.0 Å². The molecule has 0 aliphatic heterocycles. The van der Waals surface area contributed by atoms with Crippen LogP contribution < -0.4 is 10.2 Å². The van der Waals surface area contributed by atoms with Gasteiger partial charge in [0.1, 0.15) is 11.9 Å². The minimum absolute atomic E-state index is 0.0977. The highest BCUT2D eigenvalue weighted by atomic mass is 32.1. The lowest BCUT2D eigenvalue weighted by Gasteiger charge is -2.33. The number of anilines is 1. The Morgan fingerprint density at radius 2 is 1.71 bits per heavy atom. The van der Waals surface area contributed by atoms with Crippen molar-refractivity contribution in [2.75, 3.05) is 4.90 Å². The second-order valence-corrected chi connectivity index (χ2v) is 9.67. The molecule has 0 saturated heterocycles. The average Bonchev–Trinajstić information content (AvgIpc) is 3.37. The van der Waals surface area contributed by atoms with Crippen LogP contribution in [0, 0.1) is 5.82 Å². The fraction of sp³-hybridized carbons (Fsp3) is 0.357. The quantitative estimate of drug-likeness (QED) is 0.418. The minimum atomic E-state index is -0.888. The van der Waals surface area contributed by atoms with E-state index in [9.17, 15) is 14.0 Å². The van der Waals surface area contributed by atoms with Gasteiger partial charge < -0.3 is 5.32 Å². The third-order valence-corrected chi connectivity index (χ3v) is 7.20. The number of amides is 2. The average molecular weight is 479 g/mol. The number of benzene rings is 2. The van der Waals surface area contributed by atoms with Gasteiger partial charge in [-0.05, 0) is 77.0 Å². The lowest BCUT2D eigenvalue weighted by Crippen LogP contribution is -2.47. The first-order valence-electron chi connectivity index (χ1n) is 12.0. The molecule has 1 unspecified atom stereocenters. The predicted octanol–water partition coefficient (Wildman–Crippen LogP) is 6.22. The Balaban J connectivity index is 1.73. The number of hydrogen-bond acceptors (Lipinski definition) is 3. The first kappa shape index (κ1) is 24.1. The largest absolute Gasteiger partial charge is 0.351 e. The first-order chi connectivity index (χ1) is 16.5. The number of thiophene rings is 1. The predicted molar refractivity (Wildman–Crippen MR) is 135 cm³/mol. The normalized spacial score (nSPS) is 15.0. The van der Waals surface area contributed by atoms with Crippen molar-refractivity contribution in [3.63, 3.8) is 0 Å². The maximum absolute atomic E-state index is 13.8. The number of hydrogen-bond donors (Lipinski definition) is 1. The SMILES string of the molecule is CCc1ccc(N(C(=O)Cc2ccsc2)C(C(=O)NC2CCCCC2)c2ccc(F)cc2)cc1. The number of nitrogens with zero attached hydrogens (tertiary/aromatic N) is 1. The zero-order valence-corrected chi connectivity index (χ0v) is 20.3. The third-order valence-electron chi connectivity index (χ3n) is 6.47. The molecule has 178 valence electrons. The molecule has 1 N–H and O–H groups in total. The molecule has 1 heterocycles. The molecule has 1 aliphatic rings. The van der Waals surface area contributed by atoms with Crippen molar-refractivity contribution in [1.82, 2.24) is 5.32 Å². The highest BCUT2D eigenvalue weighted by Gasteiger charge is 2.34. The number of aryl methyl sites for hydroxylation is 1. The Hall–Kier alpha value is -2.99. The van der Waals surface area contributed by atoms with Gasteiger partial charge in [-0.25, -0.2) is 4.39 Å². The summed E-state index contributed by atoms with van der Waals surface area (Å²) in [5, 5.41) is 7.08. The molecular weight excluding hydrogens is 447 g/mol. The summed E-state index contributed by atoms with van der Waals surface area (Å²) < 4.78 is 13.8. The Labute approximate surface area is 204 Å². The second kappa shape index (κ2) is 11.4.